The molecular formula is C5H13NO9P2. The van der Waals surface area contributed by atoms with Crippen LogP contribution in [0.2, 0.25) is 0 Å². The van der Waals surface area contributed by atoms with E-state index in [-0.39, 0.29) is 0 Å². The topological polar surface area (TPSA) is 185 Å². The fourth-order valence-electron chi connectivity index (χ4n) is 0.753. The van der Waals surface area contributed by atoms with E-state index in [1.807, 2.05) is 0 Å². The van der Waals surface area contributed by atoms with Crippen molar-refractivity contribution in [3.05, 3.63) is 0 Å². The molecule has 102 valence electrons. The van der Waals surface area contributed by atoms with Crippen molar-refractivity contribution in [2.75, 3.05) is 6.54 Å². The normalized spacial score (nSPS) is 15.6. The Kier molecular flexibility index (Phi) is 5.04. The number of aliphatic carboxylic acids is 1. The predicted octanol–water partition coefficient (Wildman–Crippen LogP) is -1.95. The van der Waals surface area contributed by atoms with Gasteiger partial charge in [0.2, 0.25) is 5.02 Å². The Bertz CT molecular complexity index is 361. The summed E-state index contributed by atoms with van der Waals surface area (Å²) in [5, 5.41) is 15.9. The quantitative estimate of drug-likeness (QED) is 0.271. The van der Waals surface area contributed by atoms with E-state index in [9.17, 15) is 13.9 Å². The molecule has 7 N–H and O–H groups in total. The molecule has 0 aromatic rings. The first-order valence-corrected chi connectivity index (χ1v) is 7.32. The number of aliphatic hydroxyl groups excluding tert-OH is 1. The van der Waals surface area contributed by atoms with Crippen molar-refractivity contribution in [3.63, 3.8) is 0 Å². The van der Waals surface area contributed by atoms with Crippen LogP contribution in [0.5, 0.6) is 0 Å². The zero-order chi connectivity index (χ0) is 14.1. The first kappa shape index (κ1) is 16.7. The van der Waals surface area contributed by atoms with E-state index < -0.39 is 38.8 Å². The van der Waals surface area contributed by atoms with Crippen LogP contribution in [0.3, 0.4) is 0 Å². The molecule has 0 radical (unpaired) electrons. The van der Waals surface area contributed by atoms with Gasteiger partial charge in [0.25, 0.3) is 0 Å². The minimum Gasteiger partial charge on any atom is -0.479 e. The Hall–Kier alpha value is -0.310. The summed E-state index contributed by atoms with van der Waals surface area (Å²) in [6.45, 7) is -0.384. The van der Waals surface area contributed by atoms with Gasteiger partial charge < -0.3 is 29.8 Å². The van der Waals surface area contributed by atoms with E-state index >= 15 is 0 Å². The molecule has 0 aliphatic carbocycles. The summed E-state index contributed by atoms with van der Waals surface area (Å²) in [7, 11) is -10.5. The van der Waals surface area contributed by atoms with E-state index in [1.165, 1.54) is 0 Å². The Balaban J connectivity index is 5.08. The van der Waals surface area contributed by atoms with E-state index in [1.54, 1.807) is 5.32 Å². The summed E-state index contributed by atoms with van der Waals surface area (Å²) in [4.78, 5) is 45.6. The molecule has 0 heterocycles. The van der Waals surface area contributed by atoms with Gasteiger partial charge in [-0.15, -0.1) is 0 Å². The summed E-state index contributed by atoms with van der Waals surface area (Å²) in [6, 6.07) is 0. The maximum Gasteiger partial charge on any atom is 0.357 e. The maximum atomic E-state index is 11.0. The van der Waals surface area contributed by atoms with Crippen molar-refractivity contribution >= 4 is 21.2 Å². The standard InChI is InChI=1S/C5H13NO9P2/c1-5(16(10,11)12,17(13,14)15)6-2-3(7)4(8)9/h3,6-7H,2H2,1H3,(H,8,9)(H2,10,11,12)(H2,13,14,15). The van der Waals surface area contributed by atoms with Crippen LogP contribution in [0, 0.1) is 0 Å². The molecule has 0 aromatic heterocycles. The average molecular weight is 293 g/mol. The first-order valence-electron chi connectivity index (χ1n) is 4.10. The summed E-state index contributed by atoms with van der Waals surface area (Å²) < 4.78 is 22.0. The molecule has 0 rings (SSSR count). The molecule has 1 unspecified atom stereocenters. The molecule has 0 saturated carbocycles. The fourth-order valence-corrected chi connectivity index (χ4v) is 2.71. The summed E-state index contributed by atoms with van der Waals surface area (Å²) in [5.41, 5.74) is 0. The third kappa shape index (κ3) is 3.84. The van der Waals surface area contributed by atoms with E-state index in [0.717, 1.165) is 0 Å². The highest BCUT2D eigenvalue weighted by atomic mass is 31.2. The minimum atomic E-state index is -5.27. The van der Waals surface area contributed by atoms with Gasteiger partial charge in [-0.25, -0.2) is 4.79 Å². The van der Waals surface area contributed by atoms with Crippen LogP contribution in [0.25, 0.3) is 0 Å². The molecule has 10 nitrogen and oxygen atoms in total. The van der Waals surface area contributed by atoms with Crippen LogP contribution < -0.4 is 5.32 Å². The maximum absolute atomic E-state index is 11.0. The van der Waals surface area contributed by atoms with Gasteiger partial charge in [-0.3, -0.25) is 14.4 Å². The van der Waals surface area contributed by atoms with Gasteiger partial charge >= 0.3 is 21.2 Å². The molecule has 0 aromatic carbocycles. The molecule has 1 atom stereocenters. The lowest BCUT2D eigenvalue weighted by Gasteiger charge is -2.32. The second kappa shape index (κ2) is 5.13. The number of hydrogen-bond acceptors (Lipinski definition) is 5. The molecular weight excluding hydrogens is 280 g/mol. The number of carbonyl (C=O) groups is 1. The average Bonchev–Trinajstić information content (AvgIpc) is 2.09. The van der Waals surface area contributed by atoms with Crippen LogP contribution in [-0.2, 0) is 13.9 Å². The molecule has 17 heavy (non-hydrogen) atoms. The summed E-state index contributed by atoms with van der Waals surface area (Å²) in [5.74, 6) is -1.70. The summed E-state index contributed by atoms with van der Waals surface area (Å²) >= 11 is 0. The molecule has 0 fully saturated rings. The van der Waals surface area contributed by atoms with Gasteiger partial charge in [0, 0.05) is 6.54 Å². The lowest BCUT2D eigenvalue weighted by atomic mass is 10.3. The van der Waals surface area contributed by atoms with Crippen molar-refractivity contribution < 1.29 is 43.7 Å². The molecule has 0 aliphatic rings. The van der Waals surface area contributed by atoms with Gasteiger partial charge in [0.1, 0.15) is 0 Å². The minimum absolute atomic E-state index is 0.545. The third-order valence-electron chi connectivity index (χ3n) is 2.05. The van der Waals surface area contributed by atoms with Gasteiger partial charge in [-0.2, -0.15) is 0 Å². The monoisotopic (exact) mass is 293 g/mol. The van der Waals surface area contributed by atoms with Crippen LogP contribution in [0.4, 0.5) is 0 Å². The number of rotatable bonds is 6. The number of nitrogens with one attached hydrogen (secondary N) is 1. The lowest BCUT2D eigenvalue weighted by molar-refractivity contribution is -0.146. The molecule has 0 aliphatic heterocycles. The Morgan fingerprint density at radius 3 is 1.82 bits per heavy atom. The zero-order valence-electron chi connectivity index (χ0n) is 8.59. The Labute approximate surface area is 95.6 Å². The van der Waals surface area contributed by atoms with Gasteiger partial charge in [-0.05, 0) is 6.92 Å². The lowest BCUT2D eigenvalue weighted by Crippen LogP contribution is -2.46. The Morgan fingerprint density at radius 1 is 1.24 bits per heavy atom. The number of aliphatic hydroxyl groups is 1. The van der Waals surface area contributed by atoms with Crippen molar-refractivity contribution in [2.24, 2.45) is 0 Å². The molecule has 0 saturated heterocycles. The highest BCUT2D eigenvalue weighted by molar-refractivity contribution is 7.72. The van der Waals surface area contributed by atoms with Crippen LogP contribution in [-0.4, -0.2) is 53.4 Å². The van der Waals surface area contributed by atoms with Crippen LogP contribution in [0.15, 0.2) is 0 Å². The van der Waals surface area contributed by atoms with Crippen molar-refractivity contribution in [3.8, 4) is 0 Å². The first-order chi connectivity index (χ1) is 7.33. The van der Waals surface area contributed by atoms with Crippen LogP contribution in [0.1, 0.15) is 6.92 Å². The highest BCUT2D eigenvalue weighted by Gasteiger charge is 2.56. The van der Waals surface area contributed by atoms with E-state index in [2.05, 4.69) is 0 Å². The number of carboxylic acids is 1. The van der Waals surface area contributed by atoms with Crippen molar-refractivity contribution in [1.82, 2.24) is 5.32 Å². The van der Waals surface area contributed by atoms with Gasteiger partial charge in [-0.1, -0.05) is 0 Å². The van der Waals surface area contributed by atoms with Crippen molar-refractivity contribution in [2.45, 2.75) is 18.0 Å². The summed E-state index contributed by atoms with van der Waals surface area (Å²) in [6.07, 6.45) is -2.05. The van der Waals surface area contributed by atoms with Gasteiger partial charge in [0.15, 0.2) is 6.10 Å². The molecule has 0 bridgehead atoms. The van der Waals surface area contributed by atoms with Crippen molar-refractivity contribution in [1.29, 1.82) is 0 Å². The van der Waals surface area contributed by atoms with Crippen LogP contribution >= 0.6 is 15.2 Å². The SMILES string of the molecule is CC(NCC(O)C(=O)O)(P(=O)(O)O)P(=O)(O)O. The molecule has 12 heteroatoms. The predicted molar refractivity (Wildman–Crippen MR) is 54.1 cm³/mol. The fraction of sp³-hybridized carbons (Fsp3) is 0.800. The second-order valence-electron chi connectivity index (χ2n) is 3.34. The van der Waals surface area contributed by atoms with Gasteiger partial charge in [0.05, 0.1) is 0 Å². The van der Waals surface area contributed by atoms with E-state index in [0.29, 0.717) is 6.92 Å². The largest absolute Gasteiger partial charge is 0.479 e. The molecule has 0 amide bonds. The van der Waals surface area contributed by atoms with E-state index in [4.69, 9.17) is 29.8 Å². The number of hydrogen-bond donors (Lipinski definition) is 7. The third-order valence-corrected chi connectivity index (χ3v) is 6.20. The highest BCUT2D eigenvalue weighted by Crippen LogP contribution is 2.66. The Morgan fingerprint density at radius 2 is 1.59 bits per heavy atom. The smallest absolute Gasteiger partial charge is 0.357 e. The second-order valence-corrected chi connectivity index (χ2v) is 7.66. The molecule has 0 spiro atoms. The number of carboxylic acid groups (broad SMARTS) is 1. The zero-order valence-corrected chi connectivity index (χ0v) is 10.4.